The van der Waals surface area contributed by atoms with Crippen LogP contribution in [0, 0.1) is 0 Å². The number of hydrogen-bond acceptors (Lipinski definition) is 5. The molecular formula is C15H14ClN5OS. The lowest BCUT2D eigenvalue weighted by Gasteiger charge is -2.10. The first kappa shape index (κ1) is 15.8. The zero-order valence-corrected chi connectivity index (χ0v) is 13.9. The number of carbonyl (C=O) groups excluding carboxylic acids is 1. The number of benzene rings is 1. The van der Waals surface area contributed by atoms with Crippen molar-refractivity contribution in [1.82, 2.24) is 24.9 Å². The maximum absolute atomic E-state index is 12.2. The van der Waals surface area contributed by atoms with Crippen LogP contribution in [0.25, 0.3) is 5.78 Å². The van der Waals surface area contributed by atoms with Crippen LogP contribution in [-0.2, 0) is 11.3 Å². The van der Waals surface area contributed by atoms with E-state index in [0.29, 0.717) is 22.5 Å². The van der Waals surface area contributed by atoms with E-state index in [-0.39, 0.29) is 11.2 Å². The van der Waals surface area contributed by atoms with Gasteiger partial charge in [-0.05, 0) is 24.6 Å². The first-order chi connectivity index (χ1) is 11.1. The predicted octanol–water partition coefficient (Wildman–Crippen LogP) is 2.57. The molecule has 0 aliphatic heterocycles. The first-order valence-electron chi connectivity index (χ1n) is 6.98. The minimum Gasteiger partial charge on any atom is -0.351 e. The number of nitrogens with one attached hydrogen (secondary N) is 1. The summed E-state index contributed by atoms with van der Waals surface area (Å²) in [5.74, 6) is 0.417. The smallest absolute Gasteiger partial charge is 0.253 e. The Morgan fingerprint density at radius 3 is 3.00 bits per heavy atom. The summed E-state index contributed by atoms with van der Waals surface area (Å²) in [7, 11) is 0. The van der Waals surface area contributed by atoms with E-state index in [9.17, 15) is 4.79 Å². The van der Waals surface area contributed by atoms with E-state index in [1.165, 1.54) is 11.8 Å². The third-order valence-electron chi connectivity index (χ3n) is 3.16. The fourth-order valence-electron chi connectivity index (χ4n) is 1.94. The SMILES string of the molecule is CC(Sc1nc2ncccn2n1)C(=O)NCc1ccccc1Cl. The van der Waals surface area contributed by atoms with Crippen molar-refractivity contribution in [3.63, 3.8) is 0 Å². The number of thioether (sulfide) groups is 1. The molecule has 1 atom stereocenters. The maximum Gasteiger partial charge on any atom is 0.253 e. The number of amides is 1. The molecule has 3 aromatic rings. The topological polar surface area (TPSA) is 72.2 Å². The molecule has 1 unspecified atom stereocenters. The molecule has 3 rings (SSSR count). The molecule has 6 nitrogen and oxygen atoms in total. The van der Waals surface area contributed by atoms with Crippen molar-refractivity contribution in [3.8, 4) is 0 Å². The lowest BCUT2D eigenvalue weighted by Crippen LogP contribution is -2.30. The van der Waals surface area contributed by atoms with Crippen molar-refractivity contribution < 1.29 is 4.79 Å². The van der Waals surface area contributed by atoms with Crippen LogP contribution < -0.4 is 5.32 Å². The van der Waals surface area contributed by atoms with Gasteiger partial charge in [0.2, 0.25) is 11.1 Å². The van der Waals surface area contributed by atoms with E-state index in [2.05, 4.69) is 20.4 Å². The average Bonchev–Trinajstić information content (AvgIpc) is 2.96. The third kappa shape index (κ3) is 3.80. The Morgan fingerprint density at radius 1 is 1.39 bits per heavy atom. The van der Waals surface area contributed by atoms with Gasteiger partial charge in [-0.2, -0.15) is 4.98 Å². The van der Waals surface area contributed by atoms with Crippen molar-refractivity contribution in [2.75, 3.05) is 0 Å². The van der Waals surface area contributed by atoms with E-state index in [0.717, 1.165) is 5.56 Å². The molecule has 0 spiro atoms. The zero-order valence-electron chi connectivity index (χ0n) is 12.3. The van der Waals surface area contributed by atoms with Crippen LogP contribution >= 0.6 is 23.4 Å². The molecule has 0 saturated carbocycles. The van der Waals surface area contributed by atoms with Gasteiger partial charge in [0.15, 0.2) is 0 Å². The molecule has 118 valence electrons. The lowest BCUT2D eigenvalue weighted by molar-refractivity contribution is -0.120. The zero-order chi connectivity index (χ0) is 16.2. The minimum absolute atomic E-state index is 0.0956. The first-order valence-corrected chi connectivity index (χ1v) is 8.24. The van der Waals surface area contributed by atoms with E-state index in [4.69, 9.17) is 11.6 Å². The van der Waals surface area contributed by atoms with Gasteiger partial charge in [-0.1, -0.05) is 41.6 Å². The Morgan fingerprint density at radius 2 is 2.22 bits per heavy atom. The van der Waals surface area contributed by atoms with E-state index in [1.54, 1.807) is 29.0 Å². The van der Waals surface area contributed by atoms with E-state index in [1.807, 2.05) is 25.1 Å². The fourth-order valence-corrected chi connectivity index (χ4v) is 2.92. The summed E-state index contributed by atoms with van der Waals surface area (Å²) in [6.07, 6.45) is 3.42. The molecule has 0 aliphatic rings. The van der Waals surface area contributed by atoms with Crippen LogP contribution in [0.4, 0.5) is 0 Å². The number of fused-ring (bicyclic) bond motifs is 1. The molecule has 0 fully saturated rings. The van der Waals surface area contributed by atoms with Crippen LogP contribution in [0.15, 0.2) is 47.9 Å². The molecule has 23 heavy (non-hydrogen) atoms. The van der Waals surface area contributed by atoms with Crippen LogP contribution in [0.1, 0.15) is 12.5 Å². The highest BCUT2D eigenvalue weighted by Gasteiger charge is 2.17. The van der Waals surface area contributed by atoms with E-state index >= 15 is 0 Å². The summed E-state index contributed by atoms with van der Waals surface area (Å²) >= 11 is 7.36. The van der Waals surface area contributed by atoms with Crippen molar-refractivity contribution in [2.45, 2.75) is 23.9 Å². The average molecular weight is 348 g/mol. The second-order valence-corrected chi connectivity index (χ2v) is 6.54. The second kappa shape index (κ2) is 6.97. The molecule has 0 aliphatic carbocycles. The third-order valence-corrected chi connectivity index (χ3v) is 4.48. The highest BCUT2D eigenvalue weighted by atomic mass is 35.5. The molecule has 1 aromatic carbocycles. The number of halogens is 1. The fraction of sp³-hybridized carbons (Fsp3) is 0.200. The summed E-state index contributed by atoms with van der Waals surface area (Å²) in [4.78, 5) is 20.6. The molecule has 1 amide bonds. The predicted molar refractivity (Wildman–Crippen MR) is 89.4 cm³/mol. The number of aromatic nitrogens is 4. The van der Waals surface area contributed by atoms with Crippen molar-refractivity contribution in [2.24, 2.45) is 0 Å². The Hall–Kier alpha value is -2.12. The molecule has 2 aromatic heterocycles. The van der Waals surface area contributed by atoms with Crippen molar-refractivity contribution in [3.05, 3.63) is 53.3 Å². The van der Waals surface area contributed by atoms with Gasteiger partial charge in [-0.15, -0.1) is 5.10 Å². The molecule has 0 radical (unpaired) electrons. The Bertz CT molecular complexity index is 804. The highest BCUT2D eigenvalue weighted by Crippen LogP contribution is 2.20. The van der Waals surface area contributed by atoms with Gasteiger partial charge in [-0.3, -0.25) is 4.79 Å². The lowest BCUT2D eigenvalue weighted by atomic mass is 10.2. The number of nitrogens with zero attached hydrogens (tertiary/aromatic N) is 4. The van der Waals surface area contributed by atoms with Crippen LogP contribution in [0.2, 0.25) is 5.02 Å². The molecule has 2 heterocycles. The number of carbonyl (C=O) groups is 1. The van der Waals surface area contributed by atoms with Gasteiger partial charge in [0.05, 0.1) is 5.25 Å². The second-order valence-electron chi connectivity index (χ2n) is 4.83. The summed E-state index contributed by atoms with van der Waals surface area (Å²) in [5, 5.41) is 7.98. The van der Waals surface area contributed by atoms with Gasteiger partial charge < -0.3 is 5.32 Å². The standard InChI is InChI=1S/C15H14ClN5OS/c1-10(13(22)18-9-11-5-2-3-6-12(11)16)23-15-19-14-17-7-4-8-21(14)20-15/h2-8,10H,9H2,1H3,(H,18,22). The van der Waals surface area contributed by atoms with Crippen LogP contribution in [-0.4, -0.2) is 30.7 Å². The molecular weight excluding hydrogens is 334 g/mol. The van der Waals surface area contributed by atoms with Crippen LogP contribution in [0.3, 0.4) is 0 Å². The summed E-state index contributed by atoms with van der Waals surface area (Å²) in [5.41, 5.74) is 0.884. The monoisotopic (exact) mass is 347 g/mol. The summed E-state index contributed by atoms with van der Waals surface area (Å²) in [6.45, 7) is 2.20. The maximum atomic E-state index is 12.2. The van der Waals surface area contributed by atoms with Gasteiger partial charge in [-0.25, -0.2) is 9.50 Å². The molecule has 8 heteroatoms. The van der Waals surface area contributed by atoms with Crippen LogP contribution in [0.5, 0.6) is 0 Å². The van der Waals surface area contributed by atoms with Crippen molar-refractivity contribution in [1.29, 1.82) is 0 Å². The minimum atomic E-state index is -0.324. The summed E-state index contributed by atoms with van der Waals surface area (Å²) < 4.78 is 1.58. The Labute approximate surface area is 142 Å². The largest absolute Gasteiger partial charge is 0.351 e. The number of rotatable bonds is 5. The van der Waals surface area contributed by atoms with Gasteiger partial charge >= 0.3 is 0 Å². The molecule has 1 N–H and O–H groups in total. The van der Waals surface area contributed by atoms with Crippen molar-refractivity contribution >= 4 is 35.0 Å². The molecule has 0 bridgehead atoms. The van der Waals surface area contributed by atoms with Gasteiger partial charge in [0.1, 0.15) is 0 Å². The highest BCUT2D eigenvalue weighted by molar-refractivity contribution is 8.00. The Balaban J connectivity index is 1.60. The quantitative estimate of drug-likeness (QED) is 0.718. The normalized spacial score (nSPS) is 12.3. The van der Waals surface area contributed by atoms with Gasteiger partial charge in [0.25, 0.3) is 5.78 Å². The Kier molecular flexibility index (Phi) is 4.78. The molecule has 0 saturated heterocycles. The number of hydrogen-bond donors (Lipinski definition) is 1. The van der Waals surface area contributed by atoms with Gasteiger partial charge in [0, 0.05) is 24.0 Å². The summed E-state index contributed by atoms with van der Waals surface area (Å²) in [6, 6.07) is 9.20. The van der Waals surface area contributed by atoms with E-state index < -0.39 is 0 Å².